The van der Waals surface area contributed by atoms with E-state index in [4.69, 9.17) is 25.8 Å². The summed E-state index contributed by atoms with van der Waals surface area (Å²) in [5.74, 6) is 1.44. The highest BCUT2D eigenvalue weighted by Crippen LogP contribution is 2.38. The maximum atomic E-state index is 13.2. The fourth-order valence-electron chi connectivity index (χ4n) is 4.16. The van der Waals surface area contributed by atoms with Crippen molar-refractivity contribution in [3.05, 3.63) is 107 Å². The summed E-state index contributed by atoms with van der Waals surface area (Å²) in [7, 11) is 1.61. The summed E-state index contributed by atoms with van der Waals surface area (Å²) < 4.78 is 11.1. The number of carbonyl (C=O) groups excluding carboxylic acids is 1. The van der Waals surface area contributed by atoms with E-state index in [2.05, 4.69) is 10.5 Å². The van der Waals surface area contributed by atoms with Crippen LogP contribution in [0.4, 0.5) is 4.79 Å². The summed E-state index contributed by atoms with van der Waals surface area (Å²) in [6.45, 7) is 2.30. The van der Waals surface area contributed by atoms with Crippen LogP contribution in [-0.4, -0.2) is 28.2 Å². The van der Waals surface area contributed by atoms with Gasteiger partial charge in [0.2, 0.25) is 5.82 Å². The Morgan fingerprint density at radius 1 is 1.06 bits per heavy atom. The first-order chi connectivity index (χ1) is 17.0. The van der Waals surface area contributed by atoms with E-state index in [1.807, 2.05) is 79.7 Å². The van der Waals surface area contributed by atoms with Crippen molar-refractivity contribution >= 4 is 23.2 Å². The summed E-state index contributed by atoms with van der Waals surface area (Å²) in [5, 5.41) is 7.88. The summed E-state index contributed by atoms with van der Waals surface area (Å²) in [6.07, 6.45) is 0. The molecule has 1 aromatic heterocycles. The van der Waals surface area contributed by atoms with E-state index < -0.39 is 6.04 Å². The number of rotatable bonds is 6. The van der Waals surface area contributed by atoms with Gasteiger partial charge in [0.1, 0.15) is 5.75 Å². The van der Waals surface area contributed by atoms with E-state index >= 15 is 0 Å². The van der Waals surface area contributed by atoms with Crippen LogP contribution in [0.1, 0.15) is 30.0 Å². The quantitative estimate of drug-likeness (QED) is 0.356. The number of hydrogen-bond acceptors (Lipinski definition) is 5. The first-order valence-electron chi connectivity index (χ1n) is 11.1. The van der Waals surface area contributed by atoms with E-state index in [-0.39, 0.29) is 6.03 Å². The van der Waals surface area contributed by atoms with E-state index in [0.717, 1.165) is 22.4 Å². The molecule has 5 rings (SSSR count). The predicted molar refractivity (Wildman–Crippen MR) is 134 cm³/mol. The molecule has 176 valence electrons. The van der Waals surface area contributed by atoms with Gasteiger partial charge in [0, 0.05) is 16.3 Å². The molecule has 2 heterocycles. The first kappa shape index (κ1) is 22.7. The van der Waals surface area contributed by atoms with Gasteiger partial charge in [-0.2, -0.15) is 4.98 Å². The number of hydrogen-bond donors (Lipinski definition) is 1. The molecule has 1 atom stereocenters. The highest BCUT2D eigenvalue weighted by Gasteiger charge is 2.36. The zero-order valence-electron chi connectivity index (χ0n) is 19.2. The van der Waals surface area contributed by atoms with Gasteiger partial charge in [-0.25, -0.2) is 4.79 Å². The lowest BCUT2D eigenvalue weighted by Gasteiger charge is -2.35. The number of carbonyl (C=O) groups is 1. The highest BCUT2D eigenvalue weighted by molar-refractivity contribution is 6.30. The fraction of sp³-hybridized carbons (Fsp3) is 0.148. The minimum absolute atomic E-state index is 0.215. The number of halogens is 1. The summed E-state index contributed by atoms with van der Waals surface area (Å²) >= 11 is 6.28. The largest absolute Gasteiger partial charge is 0.497 e. The molecule has 35 heavy (non-hydrogen) atoms. The Kier molecular flexibility index (Phi) is 6.25. The number of amides is 2. The number of allylic oxidation sites excluding steroid dienone is 1. The second-order valence-electron chi connectivity index (χ2n) is 8.16. The molecule has 0 fully saturated rings. The molecule has 1 unspecified atom stereocenters. The third kappa shape index (κ3) is 4.63. The van der Waals surface area contributed by atoms with Gasteiger partial charge in [-0.1, -0.05) is 71.4 Å². The second-order valence-corrected chi connectivity index (χ2v) is 8.60. The van der Waals surface area contributed by atoms with Crippen molar-refractivity contribution in [3.8, 4) is 17.1 Å². The SMILES string of the molecule is COc1cccc(-c2noc(C3=C(C)N(Cc4ccccc4)C(=O)NC3c3cccc(Cl)c3)n2)c1. The molecule has 3 aromatic carbocycles. The van der Waals surface area contributed by atoms with E-state index in [0.29, 0.717) is 34.6 Å². The van der Waals surface area contributed by atoms with Crippen LogP contribution in [0.5, 0.6) is 5.75 Å². The van der Waals surface area contributed by atoms with Crippen LogP contribution in [-0.2, 0) is 6.54 Å². The van der Waals surface area contributed by atoms with Crippen LogP contribution >= 0.6 is 11.6 Å². The molecule has 0 bridgehead atoms. The van der Waals surface area contributed by atoms with Gasteiger partial charge in [0.25, 0.3) is 5.89 Å². The minimum Gasteiger partial charge on any atom is -0.497 e. The summed E-state index contributed by atoms with van der Waals surface area (Å²) in [5.41, 5.74) is 4.02. The normalized spacial score (nSPS) is 15.8. The van der Waals surface area contributed by atoms with Crippen molar-refractivity contribution in [3.63, 3.8) is 0 Å². The molecule has 0 saturated carbocycles. The van der Waals surface area contributed by atoms with E-state index in [1.165, 1.54) is 0 Å². The lowest BCUT2D eigenvalue weighted by molar-refractivity contribution is 0.203. The van der Waals surface area contributed by atoms with Gasteiger partial charge in [-0.15, -0.1) is 0 Å². The lowest BCUT2D eigenvalue weighted by atomic mass is 9.94. The minimum atomic E-state index is -0.508. The predicted octanol–water partition coefficient (Wildman–Crippen LogP) is 6.10. The molecule has 1 N–H and O–H groups in total. The number of urea groups is 1. The monoisotopic (exact) mass is 486 g/mol. The smallest absolute Gasteiger partial charge is 0.322 e. The maximum absolute atomic E-state index is 13.2. The van der Waals surface area contributed by atoms with E-state index in [1.54, 1.807) is 18.1 Å². The van der Waals surface area contributed by atoms with Crippen LogP contribution in [0.2, 0.25) is 5.02 Å². The lowest BCUT2D eigenvalue weighted by Crippen LogP contribution is -2.45. The van der Waals surface area contributed by atoms with Gasteiger partial charge in [0.15, 0.2) is 0 Å². The van der Waals surface area contributed by atoms with Crippen LogP contribution in [0.25, 0.3) is 17.0 Å². The average Bonchev–Trinajstić information content (AvgIpc) is 3.37. The number of methoxy groups -OCH3 is 1. The Morgan fingerprint density at radius 2 is 1.86 bits per heavy atom. The fourth-order valence-corrected chi connectivity index (χ4v) is 4.36. The molecule has 8 heteroatoms. The van der Waals surface area contributed by atoms with Crippen molar-refractivity contribution in [1.29, 1.82) is 0 Å². The van der Waals surface area contributed by atoms with E-state index in [9.17, 15) is 4.79 Å². The maximum Gasteiger partial charge on any atom is 0.322 e. The number of nitrogens with one attached hydrogen (secondary N) is 1. The number of nitrogens with zero attached hydrogens (tertiary/aromatic N) is 3. The molecular formula is C27H23ClN4O3. The number of ether oxygens (including phenoxy) is 1. The summed E-state index contributed by atoms with van der Waals surface area (Å²) in [4.78, 5) is 19.6. The van der Waals surface area contributed by atoms with Crippen molar-refractivity contribution < 1.29 is 14.1 Å². The number of aromatic nitrogens is 2. The Balaban J connectivity index is 1.60. The number of benzene rings is 3. The molecular weight excluding hydrogens is 464 g/mol. The molecule has 0 aliphatic carbocycles. The van der Waals surface area contributed by atoms with Crippen molar-refractivity contribution in [2.45, 2.75) is 19.5 Å². The van der Waals surface area contributed by atoms with Gasteiger partial charge >= 0.3 is 6.03 Å². The van der Waals surface area contributed by atoms with Crippen molar-refractivity contribution in [2.75, 3.05) is 7.11 Å². The molecule has 0 spiro atoms. The third-order valence-electron chi connectivity index (χ3n) is 5.95. The highest BCUT2D eigenvalue weighted by atomic mass is 35.5. The molecule has 4 aromatic rings. The van der Waals surface area contributed by atoms with Gasteiger partial charge in [-0.05, 0) is 42.3 Å². The standard InChI is InChI=1S/C27H23ClN4O3/c1-17-23(26-30-25(31-35-26)20-11-7-13-22(15-20)34-2)24(19-10-6-12-21(28)14-19)29-27(33)32(17)16-18-8-4-3-5-9-18/h3-15,24H,16H2,1-2H3,(H,29,33). The first-order valence-corrected chi connectivity index (χ1v) is 11.5. The Labute approximate surface area is 208 Å². The Morgan fingerprint density at radius 3 is 2.63 bits per heavy atom. The van der Waals surface area contributed by atoms with Crippen LogP contribution in [0.3, 0.4) is 0 Å². The van der Waals surface area contributed by atoms with Crippen molar-refractivity contribution in [2.24, 2.45) is 0 Å². The second kappa shape index (κ2) is 9.64. The zero-order valence-corrected chi connectivity index (χ0v) is 20.0. The molecule has 0 saturated heterocycles. The molecule has 7 nitrogen and oxygen atoms in total. The topological polar surface area (TPSA) is 80.5 Å². The van der Waals surface area contributed by atoms with Crippen LogP contribution in [0.15, 0.2) is 89.1 Å². The molecule has 2 amide bonds. The van der Waals surface area contributed by atoms with Crippen molar-refractivity contribution in [1.82, 2.24) is 20.4 Å². The summed E-state index contributed by atoms with van der Waals surface area (Å²) in [6, 6.07) is 23.9. The Bertz CT molecular complexity index is 1400. The molecule has 0 radical (unpaired) electrons. The molecule has 1 aliphatic heterocycles. The zero-order chi connectivity index (χ0) is 24.4. The Hall–Kier alpha value is -4.10. The van der Waals surface area contributed by atoms with Crippen LogP contribution in [0, 0.1) is 0 Å². The van der Waals surface area contributed by atoms with Gasteiger partial charge in [0.05, 0.1) is 25.3 Å². The third-order valence-corrected chi connectivity index (χ3v) is 6.18. The van der Waals surface area contributed by atoms with Crippen LogP contribution < -0.4 is 10.1 Å². The average molecular weight is 487 g/mol. The van der Waals surface area contributed by atoms with Gasteiger partial charge in [-0.3, -0.25) is 4.90 Å². The molecule has 1 aliphatic rings. The van der Waals surface area contributed by atoms with Gasteiger partial charge < -0.3 is 14.6 Å².